The van der Waals surface area contributed by atoms with Gasteiger partial charge in [-0.2, -0.15) is 13.2 Å². The lowest BCUT2D eigenvalue weighted by Crippen LogP contribution is -2.40. The maximum Gasteiger partial charge on any atom is 0.416 e. The fraction of sp³-hybridized carbons (Fsp3) is 0.333. The Balaban J connectivity index is 1.80. The minimum Gasteiger partial charge on any atom is -0.494 e. The van der Waals surface area contributed by atoms with E-state index in [4.69, 9.17) is 4.74 Å². The van der Waals surface area contributed by atoms with Crippen LogP contribution in [0.3, 0.4) is 0 Å². The first-order valence-electron chi connectivity index (χ1n) is 9.53. The van der Waals surface area contributed by atoms with Gasteiger partial charge in [-0.25, -0.2) is 9.18 Å². The molecular weight excluding hydrogens is 418 g/mol. The van der Waals surface area contributed by atoms with Crippen LogP contribution in [-0.4, -0.2) is 37.0 Å². The van der Waals surface area contributed by atoms with Gasteiger partial charge in [-0.05, 0) is 36.2 Å². The number of halogens is 4. The summed E-state index contributed by atoms with van der Waals surface area (Å²) in [4.78, 5) is 26.0. The van der Waals surface area contributed by atoms with E-state index >= 15 is 0 Å². The number of likely N-dealkylation sites (tertiary alicyclic amines) is 1. The summed E-state index contributed by atoms with van der Waals surface area (Å²) in [6.07, 6.45) is -3.55. The molecule has 166 valence electrons. The molecule has 0 spiro atoms. The molecule has 0 saturated carbocycles. The zero-order valence-corrected chi connectivity index (χ0v) is 16.6. The van der Waals surface area contributed by atoms with Crippen molar-refractivity contribution in [3.63, 3.8) is 0 Å². The molecule has 3 rings (SSSR count). The maximum atomic E-state index is 13.9. The van der Waals surface area contributed by atoms with Crippen LogP contribution in [0.4, 0.5) is 28.0 Å². The van der Waals surface area contributed by atoms with Crippen LogP contribution in [0.15, 0.2) is 42.5 Å². The van der Waals surface area contributed by atoms with Crippen molar-refractivity contribution in [2.45, 2.75) is 25.1 Å². The number of alkyl halides is 3. The van der Waals surface area contributed by atoms with Crippen molar-refractivity contribution < 1.29 is 31.9 Å². The number of nitrogens with one attached hydrogen (secondary N) is 2. The maximum absolute atomic E-state index is 13.9. The van der Waals surface area contributed by atoms with Crippen molar-refractivity contribution in [1.82, 2.24) is 10.2 Å². The molecular formula is C21H21F4N3O3. The molecule has 1 unspecified atom stereocenters. The Labute approximate surface area is 176 Å². The van der Waals surface area contributed by atoms with Crippen LogP contribution in [-0.2, 0) is 11.0 Å². The predicted molar refractivity (Wildman–Crippen MR) is 105 cm³/mol. The van der Waals surface area contributed by atoms with E-state index in [-0.39, 0.29) is 29.5 Å². The third-order valence-corrected chi connectivity index (χ3v) is 4.91. The predicted octanol–water partition coefficient (Wildman–Crippen LogP) is 4.34. The zero-order chi connectivity index (χ0) is 22.6. The van der Waals surface area contributed by atoms with Gasteiger partial charge in [0, 0.05) is 31.3 Å². The summed E-state index contributed by atoms with van der Waals surface area (Å²) >= 11 is 0. The van der Waals surface area contributed by atoms with Crippen molar-refractivity contribution in [2.75, 3.05) is 25.5 Å². The number of carbonyl (C=O) groups is 2. The fourth-order valence-electron chi connectivity index (χ4n) is 3.35. The first kappa shape index (κ1) is 22.4. The number of benzene rings is 2. The van der Waals surface area contributed by atoms with Gasteiger partial charge in [0.05, 0.1) is 18.7 Å². The summed E-state index contributed by atoms with van der Waals surface area (Å²) in [5, 5.41) is 5.03. The molecule has 2 N–H and O–H groups in total. The lowest BCUT2D eigenvalue weighted by atomic mass is 10.0. The highest BCUT2D eigenvalue weighted by atomic mass is 19.4. The average Bonchev–Trinajstić information content (AvgIpc) is 3.11. The second-order valence-corrected chi connectivity index (χ2v) is 7.07. The van der Waals surface area contributed by atoms with Gasteiger partial charge in [0.25, 0.3) is 0 Å². The average molecular weight is 439 g/mol. The molecule has 3 amide bonds. The van der Waals surface area contributed by atoms with Crippen molar-refractivity contribution in [3.05, 3.63) is 59.4 Å². The molecule has 2 aromatic rings. The number of ether oxygens (including phenoxy) is 1. The summed E-state index contributed by atoms with van der Waals surface area (Å²) < 4.78 is 58.1. The smallest absolute Gasteiger partial charge is 0.416 e. The number of methoxy groups -OCH3 is 1. The van der Waals surface area contributed by atoms with Crippen molar-refractivity contribution in [3.8, 4) is 5.75 Å². The Morgan fingerprint density at radius 1 is 1.23 bits per heavy atom. The van der Waals surface area contributed by atoms with Crippen LogP contribution >= 0.6 is 0 Å². The van der Waals surface area contributed by atoms with Crippen LogP contribution in [0.25, 0.3) is 0 Å². The molecule has 31 heavy (non-hydrogen) atoms. The molecule has 10 heteroatoms. The SMILES string of the molecule is COc1ccc(NC(=O)NC(CN2CCCC2=O)c2cccc(C(F)(F)F)c2)cc1F. The number of hydrogen-bond donors (Lipinski definition) is 2. The molecule has 6 nitrogen and oxygen atoms in total. The van der Waals surface area contributed by atoms with Crippen LogP contribution in [0.1, 0.15) is 30.0 Å². The third kappa shape index (κ3) is 5.65. The van der Waals surface area contributed by atoms with Gasteiger partial charge in [-0.1, -0.05) is 12.1 Å². The van der Waals surface area contributed by atoms with E-state index in [0.717, 1.165) is 18.2 Å². The van der Waals surface area contributed by atoms with Crippen molar-refractivity contribution in [2.24, 2.45) is 0 Å². The molecule has 0 aromatic heterocycles. The molecule has 2 aromatic carbocycles. The molecule has 0 aliphatic carbocycles. The summed E-state index contributed by atoms with van der Waals surface area (Å²) in [5.74, 6) is -0.811. The number of amides is 3. The summed E-state index contributed by atoms with van der Waals surface area (Å²) in [6, 6.07) is 6.74. The summed E-state index contributed by atoms with van der Waals surface area (Å²) in [5.41, 5.74) is -0.524. The highest BCUT2D eigenvalue weighted by Crippen LogP contribution is 2.31. The third-order valence-electron chi connectivity index (χ3n) is 4.91. The standard InChI is InChI=1S/C21H21F4N3O3/c1-31-18-8-7-15(11-16(18)22)26-20(30)27-17(12-28-9-3-6-19(28)29)13-4-2-5-14(10-13)21(23,24)25/h2,4-5,7-8,10-11,17H,3,6,9,12H2,1H3,(H2,26,27,30). The molecule has 1 atom stereocenters. The van der Waals surface area contributed by atoms with Gasteiger partial charge >= 0.3 is 12.2 Å². The fourth-order valence-corrected chi connectivity index (χ4v) is 3.35. The van der Waals surface area contributed by atoms with E-state index in [1.54, 1.807) is 0 Å². The Hall–Kier alpha value is -3.30. The second-order valence-electron chi connectivity index (χ2n) is 7.07. The van der Waals surface area contributed by atoms with Gasteiger partial charge in [-0.15, -0.1) is 0 Å². The highest BCUT2D eigenvalue weighted by Gasteiger charge is 2.32. The Bertz CT molecular complexity index is 965. The lowest BCUT2D eigenvalue weighted by molar-refractivity contribution is -0.137. The second kappa shape index (κ2) is 9.23. The van der Waals surface area contributed by atoms with Crippen molar-refractivity contribution >= 4 is 17.6 Å². The zero-order valence-electron chi connectivity index (χ0n) is 16.6. The minimum atomic E-state index is -4.55. The number of carbonyl (C=O) groups excluding carboxylic acids is 2. The van der Waals surface area contributed by atoms with Crippen LogP contribution in [0.5, 0.6) is 5.75 Å². The molecule has 1 aliphatic heterocycles. The monoisotopic (exact) mass is 439 g/mol. The van der Waals surface area contributed by atoms with Gasteiger partial charge in [0.1, 0.15) is 0 Å². The molecule has 1 fully saturated rings. The van der Waals surface area contributed by atoms with E-state index in [1.807, 2.05) is 0 Å². The molecule has 0 bridgehead atoms. The Morgan fingerprint density at radius 2 is 2.00 bits per heavy atom. The van der Waals surface area contributed by atoms with E-state index < -0.39 is 29.6 Å². The first-order chi connectivity index (χ1) is 14.7. The molecule has 1 aliphatic rings. The molecule has 1 saturated heterocycles. The molecule has 0 radical (unpaired) electrons. The van der Waals surface area contributed by atoms with E-state index in [9.17, 15) is 27.2 Å². The van der Waals surface area contributed by atoms with E-state index in [2.05, 4.69) is 10.6 Å². The Morgan fingerprint density at radius 3 is 2.61 bits per heavy atom. The summed E-state index contributed by atoms with van der Waals surface area (Å²) in [6.45, 7) is 0.478. The van der Waals surface area contributed by atoms with Gasteiger partial charge in [-0.3, -0.25) is 4.79 Å². The van der Waals surface area contributed by atoms with Gasteiger partial charge in [0.2, 0.25) is 5.91 Å². The van der Waals surface area contributed by atoms with Crippen LogP contribution in [0.2, 0.25) is 0 Å². The van der Waals surface area contributed by atoms with E-state index in [0.29, 0.717) is 19.4 Å². The molecule has 1 heterocycles. The highest BCUT2D eigenvalue weighted by molar-refractivity contribution is 5.89. The number of hydrogen-bond acceptors (Lipinski definition) is 3. The number of urea groups is 1. The van der Waals surface area contributed by atoms with Gasteiger partial charge < -0.3 is 20.3 Å². The van der Waals surface area contributed by atoms with Crippen LogP contribution in [0, 0.1) is 5.82 Å². The number of anilines is 1. The largest absolute Gasteiger partial charge is 0.494 e. The van der Waals surface area contributed by atoms with Gasteiger partial charge in [0.15, 0.2) is 11.6 Å². The Kier molecular flexibility index (Phi) is 6.67. The van der Waals surface area contributed by atoms with Crippen molar-refractivity contribution in [1.29, 1.82) is 0 Å². The van der Waals surface area contributed by atoms with E-state index in [1.165, 1.54) is 36.3 Å². The lowest BCUT2D eigenvalue weighted by Gasteiger charge is -2.26. The summed E-state index contributed by atoms with van der Waals surface area (Å²) in [7, 11) is 1.30. The van der Waals surface area contributed by atoms with Crippen LogP contribution < -0.4 is 15.4 Å². The topological polar surface area (TPSA) is 70.7 Å². The number of nitrogens with zero attached hydrogens (tertiary/aromatic N) is 1. The quantitative estimate of drug-likeness (QED) is 0.658. The number of rotatable bonds is 6. The normalized spacial score (nSPS) is 15.0. The first-order valence-corrected chi connectivity index (χ1v) is 9.53. The minimum absolute atomic E-state index is 0.000320.